The molecule has 0 fully saturated rings. The van der Waals surface area contributed by atoms with E-state index in [0.717, 1.165) is 0 Å². The fraction of sp³-hybridized carbons (Fsp3) is 0.923. The number of hydrogen-bond donors (Lipinski definition) is 3. The number of rotatable bonds is 8. The number of aliphatic carboxylic acids is 1. The molecule has 0 rings (SSSR count). The fourth-order valence-corrected chi connectivity index (χ4v) is 1.13. The molecule has 0 aliphatic carbocycles. The van der Waals surface area contributed by atoms with Gasteiger partial charge in [0.25, 0.3) is 0 Å². The Bertz CT molecular complexity index is 174. The highest BCUT2D eigenvalue weighted by Gasteiger charge is 2.19. The van der Waals surface area contributed by atoms with E-state index in [1.54, 1.807) is 0 Å². The molecule has 0 aromatic carbocycles. The first kappa shape index (κ1) is 18.7. The summed E-state index contributed by atoms with van der Waals surface area (Å²) in [5.74, 6) is -0.964. The summed E-state index contributed by atoms with van der Waals surface area (Å²) in [4.78, 5) is 9.97. The molecular formula is C13H28O4. The maximum absolute atomic E-state index is 9.97. The maximum atomic E-state index is 9.97. The van der Waals surface area contributed by atoms with Crippen LogP contribution in [0.25, 0.3) is 0 Å². The predicted molar refractivity (Wildman–Crippen MR) is 69.0 cm³/mol. The van der Waals surface area contributed by atoms with Crippen LogP contribution < -0.4 is 0 Å². The molecule has 0 spiro atoms. The second-order valence-electron chi connectivity index (χ2n) is 4.61. The zero-order valence-electron chi connectivity index (χ0n) is 11.4. The van der Waals surface area contributed by atoms with E-state index in [0.29, 0.717) is 0 Å². The van der Waals surface area contributed by atoms with Gasteiger partial charge in [-0.2, -0.15) is 0 Å². The first-order valence-electron chi connectivity index (χ1n) is 6.44. The van der Waals surface area contributed by atoms with Crippen molar-refractivity contribution in [1.82, 2.24) is 0 Å². The quantitative estimate of drug-likeness (QED) is 0.577. The molecule has 0 amide bonds. The van der Waals surface area contributed by atoms with Crippen LogP contribution in [0.5, 0.6) is 0 Å². The summed E-state index contributed by atoms with van der Waals surface area (Å²) in [6.45, 7) is 5.49. The Morgan fingerprint density at radius 1 is 1.12 bits per heavy atom. The summed E-state index contributed by atoms with van der Waals surface area (Å²) >= 11 is 0. The largest absolute Gasteiger partial charge is 0.481 e. The van der Waals surface area contributed by atoms with Crippen molar-refractivity contribution in [3.8, 4) is 0 Å². The summed E-state index contributed by atoms with van der Waals surface area (Å²) in [6.07, 6.45) is 6.97. The Balaban J connectivity index is 0. The summed E-state index contributed by atoms with van der Waals surface area (Å²) < 4.78 is 0. The monoisotopic (exact) mass is 248 g/mol. The van der Waals surface area contributed by atoms with Gasteiger partial charge in [-0.25, -0.2) is 0 Å². The number of aliphatic hydroxyl groups is 2. The molecule has 104 valence electrons. The van der Waals surface area contributed by atoms with Crippen LogP contribution in [0.1, 0.15) is 65.7 Å². The van der Waals surface area contributed by atoms with E-state index < -0.39 is 18.2 Å². The summed E-state index contributed by atoms with van der Waals surface area (Å²) in [5.41, 5.74) is -1.25. The van der Waals surface area contributed by atoms with Gasteiger partial charge in [-0.3, -0.25) is 4.79 Å². The third-order valence-corrected chi connectivity index (χ3v) is 2.43. The van der Waals surface area contributed by atoms with Gasteiger partial charge in [-0.1, -0.05) is 46.0 Å². The number of hydrogen-bond acceptors (Lipinski definition) is 3. The highest BCUT2D eigenvalue weighted by atomic mass is 16.4. The number of carboxylic acids is 1. The zero-order valence-corrected chi connectivity index (χ0v) is 11.4. The van der Waals surface area contributed by atoms with Gasteiger partial charge in [0.2, 0.25) is 0 Å². The van der Waals surface area contributed by atoms with Gasteiger partial charge >= 0.3 is 5.97 Å². The predicted octanol–water partition coefficient (Wildman–Crippen LogP) is 2.57. The van der Waals surface area contributed by atoms with Gasteiger partial charge in [0.1, 0.15) is 0 Å². The Morgan fingerprint density at radius 2 is 1.59 bits per heavy atom. The van der Waals surface area contributed by atoms with Crippen molar-refractivity contribution in [1.29, 1.82) is 0 Å². The van der Waals surface area contributed by atoms with Crippen molar-refractivity contribution in [2.24, 2.45) is 0 Å². The van der Waals surface area contributed by atoms with Crippen LogP contribution in [0.4, 0.5) is 0 Å². The number of aliphatic hydroxyl groups excluding tert-OH is 1. The van der Waals surface area contributed by atoms with Crippen LogP contribution in [0, 0.1) is 0 Å². The van der Waals surface area contributed by atoms with Crippen molar-refractivity contribution in [2.45, 2.75) is 71.3 Å². The second kappa shape index (κ2) is 11.9. The Labute approximate surface area is 105 Å². The Hall–Kier alpha value is -0.610. The van der Waals surface area contributed by atoms with Crippen LogP contribution in [0.3, 0.4) is 0 Å². The summed E-state index contributed by atoms with van der Waals surface area (Å²) in [5, 5.41) is 25.7. The van der Waals surface area contributed by atoms with E-state index in [-0.39, 0.29) is 12.8 Å². The average molecular weight is 248 g/mol. The average Bonchev–Trinajstić information content (AvgIpc) is 2.28. The lowest BCUT2D eigenvalue weighted by Gasteiger charge is -2.18. The van der Waals surface area contributed by atoms with Gasteiger partial charge in [0, 0.05) is 6.42 Å². The topological polar surface area (TPSA) is 77.8 Å². The Kier molecular flexibility index (Phi) is 13.1. The minimum Gasteiger partial charge on any atom is -0.481 e. The molecule has 17 heavy (non-hydrogen) atoms. The molecular weight excluding hydrogens is 220 g/mol. The van der Waals surface area contributed by atoms with Gasteiger partial charge in [-0.05, 0) is 13.3 Å². The van der Waals surface area contributed by atoms with Gasteiger partial charge in [0.15, 0.2) is 0 Å². The zero-order chi connectivity index (χ0) is 13.7. The Morgan fingerprint density at radius 3 is 1.88 bits per heavy atom. The molecule has 0 bridgehead atoms. The molecule has 0 saturated carbocycles. The lowest BCUT2D eigenvalue weighted by molar-refractivity contribution is -0.138. The highest BCUT2D eigenvalue weighted by Crippen LogP contribution is 2.09. The molecule has 0 aromatic heterocycles. The van der Waals surface area contributed by atoms with E-state index in [4.69, 9.17) is 15.3 Å². The van der Waals surface area contributed by atoms with Gasteiger partial charge in [-0.15, -0.1) is 0 Å². The first-order valence-corrected chi connectivity index (χ1v) is 6.44. The maximum Gasteiger partial charge on any atom is 0.303 e. The number of unbranched alkanes of at least 4 members (excludes halogenated alkanes) is 4. The van der Waals surface area contributed by atoms with Crippen molar-refractivity contribution in [3.63, 3.8) is 0 Å². The third-order valence-electron chi connectivity index (χ3n) is 2.43. The SMILES string of the molecule is CC(O)(CO)CCC(=O)O.CCCCCCC. The molecule has 0 aliphatic rings. The van der Waals surface area contributed by atoms with E-state index >= 15 is 0 Å². The first-order chi connectivity index (χ1) is 7.89. The third kappa shape index (κ3) is 18.0. The minimum atomic E-state index is -1.25. The van der Waals surface area contributed by atoms with Crippen molar-refractivity contribution < 1.29 is 20.1 Å². The van der Waals surface area contributed by atoms with Crippen molar-refractivity contribution >= 4 is 5.97 Å². The standard InChI is InChI=1S/C7H16.C6H12O4/c1-3-5-7-6-4-2;1-6(10,4-7)3-2-5(8)9/h3-7H2,1-2H3;7,10H,2-4H2,1H3,(H,8,9). The molecule has 0 saturated heterocycles. The van der Waals surface area contributed by atoms with Crippen LogP contribution in [0.15, 0.2) is 0 Å². The van der Waals surface area contributed by atoms with E-state index in [9.17, 15) is 4.79 Å². The second-order valence-corrected chi connectivity index (χ2v) is 4.61. The summed E-state index contributed by atoms with van der Waals surface area (Å²) in [7, 11) is 0. The van der Waals surface area contributed by atoms with Crippen LogP contribution in [0.2, 0.25) is 0 Å². The molecule has 3 N–H and O–H groups in total. The van der Waals surface area contributed by atoms with Gasteiger partial charge in [0.05, 0.1) is 12.2 Å². The lowest BCUT2D eigenvalue weighted by Crippen LogP contribution is -2.29. The van der Waals surface area contributed by atoms with Crippen molar-refractivity contribution in [3.05, 3.63) is 0 Å². The molecule has 0 aromatic rings. The van der Waals surface area contributed by atoms with E-state index in [1.807, 2.05) is 0 Å². The van der Waals surface area contributed by atoms with Crippen LogP contribution in [-0.4, -0.2) is 33.5 Å². The van der Waals surface area contributed by atoms with Crippen molar-refractivity contribution in [2.75, 3.05) is 6.61 Å². The van der Waals surface area contributed by atoms with E-state index in [1.165, 1.54) is 39.0 Å². The molecule has 0 radical (unpaired) electrons. The molecule has 1 unspecified atom stereocenters. The smallest absolute Gasteiger partial charge is 0.303 e. The minimum absolute atomic E-state index is 0.0822. The normalized spacial score (nSPS) is 13.5. The van der Waals surface area contributed by atoms with Gasteiger partial charge < -0.3 is 15.3 Å². The number of carbonyl (C=O) groups is 1. The molecule has 4 heteroatoms. The molecule has 0 heterocycles. The number of carboxylic acid groups (broad SMARTS) is 1. The molecule has 4 nitrogen and oxygen atoms in total. The van der Waals surface area contributed by atoms with Crippen LogP contribution >= 0.6 is 0 Å². The molecule has 1 atom stereocenters. The molecule has 0 aliphatic heterocycles. The summed E-state index contributed by atoms with van der Waals surface area (Å²) in [6, 6.07) is 0. The van der Waals surface area contributed by atoms with Crippen LogP contribution in [-0.2, 0) is 4.79 Å². The fourth-order valence-electron chi connectivity index (χ4n) is 1.13. The lowest BCUT2D eigenvalue weighted by atomic mass is 10.0. The highest BCUT2D eigenvalue weighted by molar-refractivity contribution is 5.66. The van der Waals surface area contributed by atoms with E-state index in [2.05, 4.69) is 13.8 Å².